The fourth-order valence-electron chi connectivity index (χ4n) is 2.86. The number of nitrogens with one attached hydrogen (secondary N) is 1. The second kappa shape index (κ2) is 10.2. The summed E-state index contributed by atoms with van der Waals surface area (Å²) in [5.41, 5.74) is 3.30. The SMILES string of the molecule is COc1cc(CNCCc2ccc(F)cc2)cc(Br)c1OCc1ccccc1. The van der Waals surface area contributed by atoms with Gasteiger partial charge in [0.15, 0.2) is 11.5 Å². The minimum Gasteiger partial charge on any atom is -0.493 e. The van der Waals surface area contributed by atoms with Crippen LogP contribution in [0.1, 0.15) is 16.7 Å². The van der Waals surface area contributed by atoms with Crippen molar-refractivity contribution in [2.24, 2.45) is 0 Å². The molecule has 0 atom stereocenters. The summed E-state index contributed by atoms with van der Waals surface area (Å²) in [6.45, 7) is 1.98. The third kappa shape index (κ3) is 5.81. The fourth-order valence-corrected chi connectivity index (χ4v) is 3.47. The van der Waals surface area contributed by atoms with E-state index in [1.165, 1.54) is 12.1 Å². The van der Waals surface area contributed by atoms with Crippen LogP contribution in [0.3, 0.4) is 0 Å². The number of ether oxygens (including phenoxy) is 2. The summed E-state index contributed by atoms with van der Waals surface area (Å²) in [4.78, 5) is 0. The van der Waals surface area contributed by atoms with Crippen LogP contribution in [-0.2, 0) is 19.6 Å². The molecule has 0 amide bonds. The van der Waals surface area contributed by atoms with Crippen molar-refractivity contribution in [1.82, 2.24) is 5.32 Å². The van der Waals surface area contributed by atoms with E-state index < -0.39 is 0 Å². The van der Waals surface area contributed by atoms with Crippen molar-refractivity contribution < 1.29 is 13.9 Å². The average Bonchev–Trinajstić information content (AvgIpc) is 2.72. The van der Waals surface area contributed by atoms with Gasteiger partial charge in [-0.25, -0.2) is 4.39 Å². The molecule has 0 spiro atoms. The number of hydrogen-bond acceptors (Lipinski definition) is 3. The van der Waals surface area contributed by atoms with E-state index in [0.717, 1.165) is 34.1 Å². The summed E-state index contributed by atoms with van der Waals surface area (Å²) in [6.07, 6.45) is 0.844. The van der Waals surface area contributed by atoms with Crippen molar-refractivity contribution >= 4 is 15.9 Å². The highest BCUT2D eigenvalue weighted by Crippen LogP contribution is 2.37. The van der Waals surface area contributed by atoms with E-state index in [2.05, 4.69) is 21.2 Å². The van der Waals surface area contributed by atoms with Crippen LogP contribution >= 0.6 is 15.9 Å². The molecule has 0 saturated heterocycles. The van der Waals surface area contributed by atoms with Gasteiger partial charge in [0, 0.05) is 6.54 Å². The molecule has 3 aromatic rings. The zero-order chi connectivity index (χ0) is 19.8. The van der Waals surface area contributed by atoms with Gasteiger partial charge < -0.3 is 14.8 Å². The number of rotatable bonds is 9. The van der Waals surface area contributed by atoms with E-state index in [0.29, 0.717) is 24.7 Å². The molecule has 0 aliphatic carbocycles. The summed E-state index contributed by atoms with van der Waals surface area (Å²) in [7, 11) is 1.64. The molecule has 5 heteroatoms. The Morgan fingerprint density at radius 1 is 0.929 bits per heavy atom. The molecule has 0 heterocycles. The van der Waals surface area contributed by atoms with E-state index in [1.54, 1.807) is 7.11 Å². The molecule has 0 fully saturated rings. The Morgan fingerprint density at radius 2 is 1.68 bits per heavy atom. The molecular weight excluding hydrogens is 421 g/mol. The Labute approximate surface area is 173 Å². The van der Waals surface area contributed by atoms with Gasteiger partial charge in [-0.15, -0.1) is 0 Å². The molecule has 146 valence electrons. The fraction of sp³-hybridized carbons (Fsp3) is 0.217. The summed E-state index contributed by atoms with van der Waals surface area (Å²) < 4.78 is 25.3. The Morgan fingerprint density at radius 3 is 2.39 bits per heavy atom. The van der Waals surface area contributed by atoms with E-state index in [-0.39, 0.29) is 5.82 Å². The zero-order valence-electron chi connectivity index (χ0n) is 15.8. The highest BCUT2D eigenvalue weighted by Gasteiger charge is 2.12. The largest absolute Gasteiger partial charge is 0.493 e. The molecule has 0 unspecified atom stereocenters. The number of methoxy groups -OCH3 is 1. The van der Waals surface area contributed by atoms with Crippen molar-refractivity contribution in [1.29, 1.82) is 0 Å². The van der Waals surface area contributed by atoms with Gasteiger partial charge in [0.1, 0.15) is 12.4 Å². The van der Waals surface area contributed by atoms with Gasteiger partial charge in [-0.1, -0.05) is 42.5 Å². The highest BCUT2D eigenvalue weighted by atomic mass is 79.9. The standard InChI is InChI=1S/C23H23BrFNO2/c1-27-22-14-19(15-26-12-11-17-7-9-20(25)10-8-17)13-21(24)23(22)28-16-18-5-3-2-4-6-18/h2-10,13-14,26H,11-12,15-16H2,1H3. The molecule has 0 aromatic heterocycles. The predicted octanol–water partition coefficient (Wildman–Crippen LogP) is 5.51. The molecule has 1 N–H and O–H groups in total. The minimum atomic E-state index is -0.205. The molecular formula is C23H23BrFNO2. The third-order valence-electron chi connectivity index (χ3n) is 4.35. The number of halogens is 2. The van der Waals surface area contributed by atoms with Crippen LogP contribution in [0.25, 0.3) is 0 Å². The van der Waals surface area contributed by atoms with Gasteiger partial charge in [-0.05, 0) is 69.9 Å². The van der Waals surface area contributed by atoms with Crippen LogP contribution in [0.5, 0.6) is 11.5 Å². The smallest absolute Gasteiger partial charge is 0.175 e. The van der Waals surface area contributed by atoms with Crippen LogP contribution in [-0.4, -0.2) is 13.7 Å². The first-order valence-electron chi connectivity index (χ1n) is 9.14. The lowest BCUT2D eigenvalue weighted by Crippen LogP contribution is -2.16. The maximum absolute atomic E-state index is 12.9. The molecule has 0 aliphatic heterocycles. The van der Waals surface area contributed by atoms with Crippen molar-refractivity contribution in [2.45, 2.75) is 19.6 Å². The molecule has 0 radical (unpaired) electrons. The summed E-state index contributed by atoms with van der Waals surface area (Å²) in [6, 6.07) is 20.7. The van der Waals surface area contributed by atoms with Crippen LogP contribution < -0.4 is 14.8 Å². The minimum absolute atomic E-state index is 0.205. The lowest BCUT2D eigenvalue weighted by molar-refractivity contribution is 0.282. The maximum atomic E-state index is 12.9. The first kappa shape index (κ1) is 20.4. The molecule has 28 heavy (non-hydrogen) atoms. The topological polar surface area (TPSA) is 30.5 Å². The monoisotopic (exact) mass is 443 g/mol. The second-order valence-electron chi connectivity index (χ2n) is 6.44. The Bertz CT molecular complexity index is 885. The summed E-state index contributed by atoms with van der Waals surface area (Å²) in [5, 5.41) is 3.41. The van der Waals surface area contributed by atoms with Gasteiger partial charge in [-0.2, -0.15) is 0 Å². The van der Waals surface area contributed by atoms with Gasteiger partial charge in [-0.3, -0.25) is 0 Å². The van der Waals surface area contributed by atoms with Gasteiger partial charge in [0.2, 0.25) is 0 Å². The molecule has 3 nitrogen and oxygen atoms in total. The molecule has 0 aliphatic rings. The van der Waals surface area contributed by atoms with Gasteiger partial charge in [0.25, 0.3) is 0 Å². The molecule has 3 rings (SSSR count). The van der Waals surface area contributed by atoms with Crippen molar-refractivity contribution in [3.05, 3.63) is 93.7 Å². The number of benzene rings is 3. The van der Waals surface area contributed by atoms with Gasteiger partial charge in [0.05, 0.1) is 11.6 Å². The Kier molecular flexibility index (Phi) is 7.46. The molecule has 0 saturated carbocycles. The lowest BCUT2D eigenvalue weighted by atomic mass is 10.1. The van der Waals surface area contributed by atoms with Crippen molar-refractivity contribution in [2.75, 3.05) is 13.7 Å². The lowest BCUT2D eigenvalue weighted by Gasteiger charge is -2.15. The normalized spacial score (nSPS) is 10.7. The van der Waals surface area contributed by atoms with Crippen LogP contribution in [0, 0.1) is 5.82 Å². The predicted molar refractivity (Wildman–Crippen MR) is 113 cm³/mol. The van der Waals surface area contributed by atoms with Gasteiger partial charge >= 0.3 is 0 Å². The zero-order valence-corrected chi connectivity index (χ0v) is 17.3. The maximum Gasteiger partial charge on any atom is 0.175 e. The molecule has 0 bridgehead atoms. The average molecular weight is 444 g/mol. The van der Waals surface area contributed by atoms with Crippen LogP contribution in [0.2, 0.25) is 0 Å². The van der Waals surface area contributed by atoms with E-state index in [9.17, 15) is 4.39 Å². The Balaban J connectivity index is 1.56. The second-order valence-corrected chi connectivity index (χ2v) is 7.29. The first-order chi connectivity index (χ1) is 13.7. The van der Waals surface area contributed by atoms with E-state index >= 15 is 0 Å². The summed E-state index contributed by atoms with van der Waals surface area (Å²) >= 11 is 3.60. The Hall–Kier alpha value is -2.37. The van der Waals surface area contributed by atoms with E-state index in [4.69, 9.17) is 9.47 Å². The molecule has 3 aromatic carbocycles. The van der Waals surface area contributed by atoms with Crippen molar-refractivity contribution in [3.8, 4) is 11.5 Å². The number of hydrogen-bond donors (Lipinski definition) is 1. The van der Waals surface area contributed by atoms with Crippen LogP contribution in [0.4, 0.5) is 4.39 Å². The van der Waals surface area contributed by atoms with E-state index in [1.807, 2.05) is 54.6 Å². The highest BCUT2D eigenvalue weighted by molar-refractivity contribution is 9.10. The first-order valence-corrected chi connectivity index (χ1v) is 9.93. The third-order valence-corrected chi connectivity index (χ3v) is 4.94. The quantitative estimate of drug-likeness (QED) is 0.442. The summed E-state index contributed by atoms with van der Waals surface area (Å²) in [5.74, 6) is 1.19. The van der Waals surface area contributed by atoms with Crippen molar-refractivity contribution in [3.63, 3.8) is 0 Å². The van der Waals surface area contributed by atoms with Crippen LogP contribution in [0.15, 0.2) is 71.2 Å².